The molecule has 0 saturated heterocycles. The molecule has 2 atom stereocenters. The molecule has 3 rings (SSSR count). The number of carbonyl (C=O) groups is 2. The topological polar surface area (TPSA) is 118 Å². The second kappa shape index (κ2) is 10.1. The van der Waals surface area contributed by atoms with Gasteiger partial charge in [0.25, 0.3) is 0 Å². The smallest absolute Gasteiger partial charge is 0.425 e. The minimum absolute atomic E-state index is 0.0200. The van der Waals surface area contributed by atoms with Crippen LogP contribution in [0.2, 0.25) is 0 Å². The zero-order valence-electron chi connectivity index (χ0n) is 20.9. The van der Waals surface area contributed by atoms with Gasteiger partial charge in [0, 0.05) is 39.0 Å². The molecule has 0 fully saturated rings. The molecule has 0 aromatic carbocycles. The van der Waals surface area contributed by atoms with Gasteiger partial charge in [-0.2, -0.15) is 4.90 Å². The zero-order valence-corrected chi connectivity index (χ0v) is 23.1. The molecule has 0 radical (unpaired) electrons. The first-order valence-corrected chi connectivity index (χ1v) is 12.4. The second-order valence-electron chi connectivity index (χ2n) is 10.1. The Morgan fingerprint density at radius 3 is 2.09 bits per heavy atom. The predicted molar refractivity (Wildman–Crippen MR) is 142 cm³/mol. The fraction of sp³-hybridized carbons (Fsp3) is 0.440. The molecule has 0 aliphatic carbocycles. The Labute approximate surface area is 218 Å². The van der Waals surface area contributed by atoms with Gasteiger partial charge in [-0.15, -0.1) is 0 Å². The Kier molecular flexibility index (Phi) is 7.75. The van der Waals surface area contributed by atoms with Gasteiger partial charge in [-0.05, 0) is 66.2 Å². The number of pyridine rings is 2. The van der Waals surface area contributed by atoms with E-state index < -0.39 is 29.5 Å². The lowest BCUT2D eigenvalue weighted by atomic mass is 9.99. The lowest BCUT2D eigenvalue weighted by Gasteiger charge is -2.28. The summed E-state index contributed by atoms with van der Waals surface area (Å²) in [6.45, 7) is 12.3. The number of aliphatic hydroxyl groups is 1. The van der Waals surface area contributed by atoms with E-state index >= 15 is 0 Å². The quantitative estimate of drug-likeness (QED) is 0.272. The van der Waals surface area contributed by atoms with Crippen LogP contribution in [0.5, 0.6) is 0 Å². The van der Waals surface area contributed by atoms with Gasteiger partial charge in [0.1, 0.15) is 28.8 Å². The number of aliphatic hydroxyl groups excluding tert-OH is 1. The Bertz CT molecular complexity index is 1180. The number of H-pyrrole nitrogens is 1. The number of hydrogen-bond acceptors (Lipinski definition) is 7. The number of fused-ring (bicyclic) bond motifs is 1. The second-order valence-corrected chi connectivity index (χ2v) is 12.0. The molecule has 3 aromatic heterocycles. The van der Waals surface area contributed by atoms with Gasteiger partial charge in [-0.25, -0.2) is 19.6 Å². The molecule has 0 aliphatic heterocycles. The van der Waals surface area contributed by atoms with Crippen molar-refractivity contribution in [3.05, 3.63) is 53.5 Å². The van der Waals surface area contributed by atoms with Crippen LogP contribution in [0.25, 0.3) is 11.0 Å². The Morgan fingerprint density at radius 2 is 1.60 bits per heavy atom. The van der Waals surface area contributed by atoms with E-state index in [1.165, 1.54) is 12.3 Å². The van der Waals surface area contributed by atoms with Crippen LogP contribution in [-0.2, 0) is 9.47 Å². The number of nitrogens with one attached hydrogen (secondary N) is 1. The summed E-state index contributed by atoms with van der Waals surface area (Å²) in [6.07, 6.45) is 2.07. The number of carbonyl (C=O) groups excluding carboxylic acids is 2. The van der Waals surface area contributed by atoms with E-state index in [4.69, 9.17) is 9.47 Å². The van der Waals surface area contributed by atoms with Crippen LogP contribution in [-0.4, -0.2) is 43.4 Å². The first kappa shape index (κ1) is 26.9. The van der Waals surface area contributed by atoms with Crippen LogP contribution in [0.1, 0.15) is 75.2 Å². The summed E-state index contributed by atoms with van der Waals surface area (Å²) in [5.41, 5.74) is 1.23. The summed E-state index contributed by atoms with van der Waals surface area (Å²) in [7, 11) is 0. The van der Waals surface area contributed by atoms with E-state index in [0.29, 0.717) is 16.8 Å². The maximum Gasteiger partial charge on any atom is 0.425 e. The van der Waals surface area contributed by atoms with E-state index in [0.717, 1.165) is 15.8 Å². The number of amides is 2. The molecule has 0 spiro atoms. The number of imide groups is 1. The van der Waals surface area contributed by atoms with E-state index in [9.17, 15) is 14.7 Å². The fourth-order valence-corrected chi connectivity index (χ4v) is 3.92. The molecule has 0 saturated carbocycles. The molecule has 188 valence electrons. The zero-order chi connectivity index (χ0) is 26.1. The van der Waals surface area contributed by atoms with E-state index in [2.05, 4.69) is 44.5 Å². The molecular weight excluding hydrogens is 563 g/mol. The average molecular weight is 594 g/mol. The van der Waals surface area contributed by atoms with Gasteiger partial charge in [0.05, 0.1) is 0 Å². The van der Waals surface area contributed by atoms with Gasteiger partial charge in [-0.1, -0.05) is 28.7 Å². The first-order chi connectivity index (χ1) is 16.2. The predicted octanol–water partition coefficient (Wildman–Crippen LogP) is 6.21. The van der Waals surface area contributed by atoms with Gasteiger partial charge in [0.15, 0.2) is 0 Å². The van der Waals surface area contributed by atoms with Crippen molar-refractivity contribution < 1.29 is 24.2 Å². The molecule has 0 aliphatic rings. The van der Waals surface area contributed by atoms with Crippen LogP contribution in [0.15, 0.2) is 36.8 Å². The highest BCUT2D eigenvalue weighted by Crippen LogP contribution is 2.35. The SMILES string of the molecule is CC(I)c1ccnc2[nH]cc(C(O)c3ccc(N(C(=O)OC(C)(C)C)C(=O)OC(C)(C)C)nc3)c12. The Hall–Kier alpha value is -2.73. The van der Waals surface area contributed by atoms with Crippen LogP contribution >= 0.6 is 22.6 Å². The van der Waals surface area contributed by atoms with Crippen molar-refractivity contribution in [1.82, 2.24) is 15.0 Å². The molecule has 2 N–H and O–H groups in total. The molecule has 9 nitrogen and oxygen atoms in total. The van der Waals surface area contributed by atoms with Gasteiger partial charge in [0.2, 0.25) is 0 Å². The Morgan fingerprint density at radius 1 is 1.00 bits per heavy atom. The van der Waals surface area contributed by atoms with Gasteiger partial charge >= 0.3 is 12.2 Å². The van der Waals surface area contributed by atoms with Crippen molar-refractivity contribution in [3.63, 3.8) is 0 Å². The molecule has 10 heteroatoms. The molecule has 3 aromatic rings. The first-order valence-electron chi connectivity index (χ1n) is 11.2. The molecular formula is C25H31IN4O5. The van der Waals surface area contributed by atoms with Crippen molar-refractivity contribution in [3.8, 4) is 0 Å². The van der Waals surface area contributed by atoms with Crippen molar-refractivity contribution in [2.75, 3.05) is 4.90 Å². The number of hydrogen-bond donors (Lipinski definition) is 2. The largest absolute Gasteiger partial charge is 0.443 e. The van der Waals surface area contributed by atoms with Gasteiger partial charge in [-0.3, -0.25) is 0 Å². The normalized spacial score (nSPS) is 13.9. The number of alkyl halides is 1. The number of nitrogens with zero attached hydrogens (tertiary/aromatic N) is 3. The maximum absolute atomic E-state index is 12.8. The number of rotatable bonds is 4. The lowest BCUT2D eigenvalue weighted by Crippen LogP contribution is -2.44. The Balaban J connectivity index is 1.96. The highest BCUT2D eigenvalue weighted by Gasteiger charge is 2.33. The molecule has 0 bridgehead atoms. The van der Waals surface area contributed by atoms with Crippen molar-refractivity contribution in [2.45, 2.75) is 69.7 Å². The maximum atomic E-state index is 12.8. The fourth-order valence-electron chi connectivity index (χ4n) is 3.40. The number of ether oxygens (including phenoxy) is 2. The summed E-state index contributed by atoms with van der Waals surface area (Å²) < 4.78 is 11.0. The molecule has 3 heterocycles. The number of anilines is 1. The number of halogens is 1. The van der Waals surface area contributed by atoms with Crippen molar-refractivity contribution in [2.24, 2.45) is 0 Å². The highest BCUT2D eigenvalue weighted by atomic mass is 127. The number of aromatic amines is 1. The van der Waals surface area contributed by atoms with Crippen LogP contribution in [0, 0.1) is 0 Å². The van der Waals surface area contributed by atoms with Crippen molar-refractivity contribution >= 4 is 51.6 Å². The van der Waals surface area contributed by atoms with E-state index in [-0.39, 0.29) is 9.74 Å². The summed E-state index contributed by atoms with van der Waals surface area (Å²) in [5.74, 6) is 0.0200. The third kappa shape index (κ3) is 6.49. The third-order valence-corrected chi connectivity index (χ3v) is 5.50. The van der Waals surface area contributed by atoms with Crippen LogP contribution in [0.4, 0.5) is 15.4 Å². The van der Waals surface area contributed by atoms with Gasteiger partial charge < -0.3 is 19.6 Å². The molecule has 2 unspecified atom stereocenters. The number of aromatic nitrogens is 3. The average Bonchev–Trinajstić information content (AvgIpc) is 3.15. The standard InChI is InChI=1S/C25H31IN4O5/c1-14(26)16-10-11-27-21-19(16)17(13-29-21)20(31)15-8-9-18(28-12-15)30(22(32)34-24(2,3)4)23(33)35-25(5,6)7/h8-14,20,31H,1-7H3,(H,27,29). The van der Waals surface area contributed by atoms with E-state index in [1.54, 1.807) is 60.0 Å². The highest BCUT2D eigenvalue weighted by molar-refractivity contribution is 14.1. The summed E-state index contributed by atoms with van der Waals surface area (Å²) in [4.78, 5) is 38.2. The minimum Gasteiger partial charge on any atom is -0.443 e. The summed E-state index contributed by atoms with van der Waals surface area (Å²) in [5, 5.41) is 12.0. The summed E-state index contributed by atoms with van der Waals surface area (Å²) in [6, 6.07) is 5.02. The lowest BCUT2D eigenvalue weighted by molar-refractivity contribution is 0.0429. The summed E-state index contributed by atoms with van der Waals surface area (Å²) >= 11 is 2.32. The van der Waals surface area contributed by atoms with Crippen molar-refractivity contribution in [1.29, 1.82) is 0 Å². The minimum atomic E-state index is -1.00. The molecule has 35 heavy (non-hydrogen) atoms. The molecule has 2 amide bonds. The van der Waals surface area contributed by atoms with Crippen LogP contribution in [0.3, 0.4) is 0 Å². The van der Waals surface area contributed by atoms with E-state index in [1.807, 2.05) is 6.07 Å². The monoisotopic (exact) mass is 594 g/mol. The van der Waals surface area contributed by atoms with Crippen LogP contribution < -0.4 is 4.90 Å². The third-order valence-electron chi connectivity index (χ3n) is 4.83.